The van der Waals surface area contributed by atoms with E-state index in [0.717, 1.165) is 49.9 Å². The number of carbonyl (C=O) groups is 3. The lowest BCUT2D eigenvalue weighted by Gasteiger charge is -2.40. The van der Waals surface area contributed by atoms with Crippen molar-refractivity contribution in [2.45, 2.75) is 51.2 Å². The van der Waals surface area contributed by atoms with Crippen LogP contribution in [-0.4, -0.2) is 74.7 Å². The maximum atomic E-state index is 13.9. The first-order chi connectivity index (χ1) is 20.3. The lowest BCUT2D eigenvalue weighted by molar-refractivity contribution is -0.125. The lowest BCUT2D eigenvalue weighted by Crippen LogP contribution is -2.54. The Morgan fingerprint density at radius 3 is 2.40 bits per heavy atom. The molecule has 2 N–H and O–H groups in total. The van der Waals surface area contributed by atoms with E-state index in [9.17, 15) is 23.2 Å². The molecule has 2 aliphatic carbocycles. The molecular formula is C29H35ClF2N4O5S. The average molecular weight is 625 g/mol. The number of benzene rings is 1. The van der Waals surface area contributed by atoms with Crippen LogP contribution >= 0.6 is 22.9 Å². The minimum atomic E-state index is -3.14. The van der Waals surface area contributed by atoms with Gasteiger partial charge in [-0.3, -0.25) is 19.3 Å². The van der Waals surface area contributed by atoms with Crippen LogP contribution in [0.2, 0.25) is 4.34 Å². The summed E-state index contributed by atoms with van der Waals surface area (Å²) < 4.78 is 37.3. The fourth-order valence-corrected chi connectivity index (χ4v) is 6.39. The molecule has 1 saturated heterocycles. The van der Waals surface area contributed by atoms with Crippen LogP contribution in [0.1, 0.15) is 48.2 Å². The Morgan fingerprint density at radius 1 is 1.12 bits per heavy atom. The zero-order valence-electron chi connectivity index (χ0n) is 23.2. The third-order valence-electron chi connectivity index (χ3n) is 8.17. The fourth-order valence-electron chi connectivity index (χ4n) is 5.43. The average Bonchev–Trinajstić information content (AvgIpc) is 3.35. The number of halogens is 3. The predicted octanol–water partition coefficient (Wildman–Crippen LogP) is 5.01. The largest absolute Gasteiger partial charge is 0.433 e. The topological polar surface area (TPSA) is 100 Å². The molecule has 0 spiro atoms. The summed E-state index contributed by atoms with van der Waals surface area (Å²) in [5.41, 5.74) is 0.422. The summed E-state index contributed by atoms with van der Waals surface area (Å²) in [6, 6.07) is 6.89. The van der Waals surface area contributed by atoms with E-state index < -0.39 is 18.6 Å². The molecule has 2 saturated carbocycles. The summed E-state index contributed by atoms with van der Waals surface area (Å²) in [5.74, 6) is -0.390. The van der Waals surface area contributed by atoms with Crippen molar-refractivity contribution in [3.05, 3.63) is 39.5 Å². The molecular weight excluding hydrogens is 590 g/mol. The first kappa shape index (κ1) is 30.7. The van der Waals surface area contributed by atoms with Crippen molar-refractivity contribution in [2.75, 3.05) is 49.6 Å². The second-order valence-electron chi connectivity index (χ2n) is 11.0. The number of nitrogens with one attached hydrogen (secondary N) is 2. The summed E-state index contributed by atoms with van der Waals surface area (Å²) in [6.45, 7) is -1.19. The maximum absolute atomic E-state index is 13.9. The number of nitrogens with zero attached hydrogens (tertiary/aromatic N) is 2. The van der Waals surface area contributed by atoms with Crippen molar-refractivity contribution in [3.63, 3.8) is 0 Å². The molecule has 228 valence electrons. The van der Waals surface area contributed by atoms with Gasteiger partial charge in [-0.15, -0.1) is 11.3 Å². The molecule has 0 radical (unpaired) electrons. The number of carbonyl (C=O) groups excluding carboxylic acids is 3. The van der Waals surface area contributed by atoms with Gasteiger partial charge in [0, 0.05) is 37.9 Å². The molecule has 5 rings (SSSR count). The Labute approximate surface area is 252 Å². The number of rotatable bonds is 13. The molecule has 3 aliphatic rings. The highest BCUT2D eigenvalue weighted by Crippen LogP contribution is 2.34. The second-order valence-corrected chi connectivity index (χ2v) is 12.7. The zero-order valence-corrected chi connectivity index (χ0v) is 24.7. The van der Waals surface area contributed by atoms with E-state index in [1.807, 2.05) is 0 Å². The first-order valence-corrected chi connectivity index (χ1v) is 15.5. The van der Waals surface area contributed by atoms with Gasteiger partial charge >= 0.3 is 6.61 Å². The number of thiophene rings is 1. The number of morpholine rings is 1. The van der Waals surface area contributed by atoms with Crippen LogP contribution in [0.3, 0.4) is 0 Å². The highest BCUT2D eigenvalue weighted by atomic mass is 35.5. The van der Waals surface area contributed by atoms with Crippen molar-refractivity contribution in [1.29, 1.82) is 0 Å². The van der Waals surface area contributed by atoms with Gasteiger partial charge in [-0.1, -0.05) is 24.4 Å². The fraction of sp³-hybridized carbons (Fsp3) is 0.552. The van der Waals surface area contributed by atoms with Gasteiger partial charge in [-0.05, 0) is 61.8 Å². The number of anilines is 2. The van der Waals surface area contributed by atoms with Crippen molar-refractivity contribution in [3.8, 4) is 5.75 Å². The molecule has 1 aromatic heterocycles. The van der Waals surface area contributed by atoms with Crippen LogP contribution in [0, 0.1) is 11.8 Å². The van der Waals surface area contributed by atoms with Gasteiger partial charge in [0.2, 0.25) is 5.91 Å². The van der Waals surface area contributed by atoms with Crippen molar-refractivity contribution < 1.29 is 32.6 Å². The Balaban J connectivity index is 1.38. The van der Waals surface area contributed by atoms with Gasteiger partial charge in [0.25, 0.3) is 11.8 Å². The number of amides is 3. The van der Waals surface area contributed by atoms with E-state index in [1.54, 1.807) is 18.2 Å². The van der Waals surface area contributed by atoms with E-state index >= 15 is 0 Å². The van der Waals surface area contributed by atoms with Crippen LogP contribution in [0.25, 0.3) is 0 Å². The monoisotopic (exact) mass is 624 g/mol. The maximum Gasteiger partial charge on any atom is 0.387 e. The molecule has 9 nitrogen and oxygen atoms in total. The van der Waals surface area contributed by atoms with Crippen LogP contribution in [0.15, 0.2) is 30.3 Å². The lowest BCUT2D eigenvalue weighted by atomic mass is 9.82. The Bertz CT molecular complexity index is 1260. The van der Waals surface area contributed by atoms with Crippen LogP contribution < -0.4 is 20.3 Å². The number of hydrogen-bond acceptors (Lipinski definition) is 7. The second kappa shape index (κ2) is 14.1. The first-order valence-electron chi connectivity index (χ1n) is 14.3. The highest BCUT2D eigenvalue weighted by Gasteiger charge is 2.34. The number of hydrogen-bond donors (Lipinski definition) is 2. The Kier molecular flexibility index (Phi) is 10.3. The molecule has 0 bridgehead atoms. The minimum Gasteiger partial charge on any atom is -0.433 e. The predicted molar refractivity (Wildman–Crippen MR) is 157 cm³/mol. The van der Waals surface area contributed by atoms with Crippen molar-refractivity contribution in [1.82, 2.24) is 10.2 Å². The quantitative estimate of drug-likeness (QED) is 0.325. The summed E-state index contributed by atoms with van der Waals surface area (Å²) in [4.78, 5) is 43.1. The SMILES string of the molecule is O=C(NC[C@H](C(=O)Nc1ccc(N2CCOCC2=O)cc1OC(F)F)N(CC1CCC1)CC1CCC1)c1ccc(Cl)s1. The van der Waals surface area contributed by atoms with Gasteiger partial charge in [-0.2, -0.15) is 8.78 Å². The minimum absolute atomic E-state index is 0.0328. The molecule has 42 heavy (non-hydrogen) atoms. The van der Waals surface area contributed by atoms with E-state index in [-0.39, 0.29) is 42.9 Å². The van der Waals surface area contributed by atoms with E-state index in [4.69, 9.17) is 21.1 Å². The van der Waals surface area contributed by atoms with Gasteiger partial charge in [0.1, 0.15) is 12.6 Å². The van der Waals surface area contributed by atoms with E-state index in [2.05, 4.69) is 15.5 Å². The molecule has 1 aromatic carbocycles. The van der Waals surface area contributed by atoms with E-state index in [0.29, 0.717) is 46.4 Å². The number of alkyl halides is 2. The number of ether oxygens (including phenoxy) is 2. The summed E-state index contributed by atoms with van der Waals surface area (Å²) in [7, 11) is 0. The normalized spacial score (nSPS) is 18.5. The van der Waals surface area contributed by atoms with E-state index in [1.165, 1.54) is 17.0 Å². The summed E-state index contributed by atoms with van der Waals surface area (Å²) >= 11 is 7.16. The third-order valence-corrected chi connectivity index (χ3v) is 9.40. The molecule has 1 aliphatic heterocycles. The Morgan fingerprint density at radius 2 is 1.83 bits per heavy atom. The van der Waals surface area contributed by atoms with Gasteiger partial charge in [-0.25, -0.2) is 0 Å². The standard InChI is InChI=1S/C29H35ClF2N4O5S/c30-25-10-9-24(42-25)28(39)33-14-22(35(15-18-3-1-4-18)16-19-5-2-6-19)27(38)34-21-8-7-20(13-23(21)41-29(31)32)36-11-12-40-17-26(36)37/h7-10,13,18-19,22,29H,1-6,11-12,14-17H2,(H,33,39)(H,34,38)/t22-/m1/s1. The molecule has 13 heteroatoms. The highest BCUT2D eigenvalue weighted by molar-refractivity contribution is 7.18. The van der Waals surface area contributed by atoms with Crippen LogP contribution in [-0.2, 0) is 14.3 Å². The van der Waals surface area contributed by atoms with Crippen LogP contribution in [0.5, 0.6) is 5.75 Å². The van der Waals surface area contributed by atoms with Crippen molar-refractivity contribution in [2.24, 2.45) is 11.8 Å². The zero-order chi connectivity index (χ0) is 29.6. The molecule has 3 amide bonds. The molecule has 2 heterocycles. The van der Waals surface area contributed by atoms with Gasteiger partial charge < -0.3 is 25.0 Å². The Hall–Kier alpha value is -2.80. The molecule has 0 unspecified atom stereocenters. The van der Waals surface area contributed by atoms with Gasteiger partial charge in [0.05, 0.1) is 21.5 Å². The summed E-state index contributed by atoms with van der Waals surface area (Å²) in [6.07, 6.45) is 6.66. The molecule has 1 atom stereocenters. The van der Waals surface area contributed by atoms with Gasteiger partial charge in [0.15, 0.2) is 5.75 Å². The molecule has 3 fully saturated rings. The smallest absolute Gasteiger partial charge is 0.387 e. The van der Waals surface area contributed by atoms with Crippen molar-refractivity contribution >= 4 is 52.0 Å². The molecule has 2 aromatic rings. The van der Waals surface area contributed by atoms with Crippen LogP contribution in [0.4, 0.5) is 20.2 Å². The summed E-state index contributed by atoms with van der Waals surface area (Å²) in [5, 5.41) is 5.67. The third kappa shape index (κ3) is 7.77.